The average Bonchev–Trinajstić information content (AvgIpc) is 2.18. The summed E-state index contributed by atoms with van der Waals surface area (Å²) in [5.41, 5.74) is 0. The second kappa shape index (κ2) is 4.42. The third-order valence-electron chi connectivity index (χ3n) is 3.18. The van der Waals surface area contributed by atoms with E-state index in [0.29, 0.717) is 0 Å². The van der Waals surface area contributed by atoms with Crippen LogP contribution in [0.4, 0.5) is 0 Å². The first-order valence-corrected chi connectivity index (χ1v) is 11.5. The number of hydrogen-bond acceptors (Lipinski definition) is 3. The van der Waals surface area contributed by atoms with Crippen molar-refractivity contribution in [2.45, 2.75) is 19.6 Å². The van der Waals surface area contributed by atoms with Crippen LogP contribution in [0.1, 0.15) is 0 Å². The molecule has 0 N–H and O–H groups in total. The average molecular weight is 256 g/mol. The molecule has 0 aromatic heterocycles. The van der Waals surface area contributed by atoms with E-state index in [-0.39, 0.29) is 0 Å². The summed E-state index contributed by atoms with van der Waals surface area (Å²) in [5, 5.41) is 0. The van der Waals surface area contributed by atoms with E-state index >= 15 is 0 Å². The van der Waals surface area contributed by atoms with Crippen molar-refractivity contribution in [3.8, 4) is 0 Å². The van der Waals surface area contributed by atoms with Gasteiger partial charge < -0.3 is 12.7 Å². The summed E-state index contributed by atoms with van der Waals surface area (Å²) < 4.78 is 7.44. The molecule has 1 aliphatic rings. The standard InChI is InChI=1S/C9H21N3Si3/c1-7-10-13-11(8-2)15(5,6)12(9-3)14(10)4/h7-9,14H,1-3,13H2,4-6H3. The molecule has 1 saturated heterocycles. The Bertz CT molecular complexity index is 280. The van der Waals surface area contributed by atoms with Gasteiger partial charge in [-0.1, -0.05) is 19.7 Å². The van der Waals surface area contributed by atoms with Gasteiger partial charge >= 0.3 is 0 Å². The quantitative estimate of drug-likeness (QED) is 0.694. The Hall–Kier alpha value is -0.729. The fraction of sp³-hybridized carbons (Fsp3) is 0.333. The number of nitrogens with zero attached hydrogens (tertiary/aromatic N) is 3. The minimum absolute atomic E-state index is 0.392. The van der Waals surface area contributed by atoms with Crippen LogP contribution >= 0.6 is 0 Å². The molecule has 1 atom stereocenters. The lowest BCUT2D eigenvalue weighted by Gasteiger charge is -2.55. The van der Waals surface area contributed by atoms with Gasteiger partial charge in [-0.25, -0.2) is 0 Å². The topological polar surface area (TPSA) is 9.72 Å². The maximum Gasteiger partial charge on any atom is 0.242 e. The van der Waals surface area contributed by atoms with Crippen LogP contribution in [0, 0.1) is 0 Å². The molecule has 0 spiro atoms. The predicted molar refractivity (Wildman–Crippen MR) is 75.1 cm³/mol. The monoisotopic (exact) mass is 255 g/mol. The fourth-order valence-electron chi connectivity index (χ4n) is 2.10. The van der Waals surface area contributed by atoms with Crippen molar-refractivity contribution in [1.29, 1.82) is 0 Å². The molecule has 3 nitrogen and oxygen atoms in total. The van der Waals surface area contributed by atoms with Gasteiger partial charge in [0.25, 0.3) is 0 Å². The van der Waals surface area contributed by atoms with Crippen LogP contribution in [0.15, 0.2) is 38.3 Å². The van der Waals surface area contributed by atoms with Crippen LogP contribution in [0.25, 0.3) is 0 Å². The van der Waals surface area contributed by atoms with Gasteiger partial charge in [-0.15, -0.1) is 0 Å². The third kappa shape index (κ3) is 1.97. The van der Waals surface area contributed by atoms with Gasteiger partial charge in [0.2, 0.25) is 27.4 Å². The molecular formula is C9H21N3Si3. The van der Waals surface area contributed by atoms with Crippen molar-refractivity contribution in [2.75, 3.05) is 0 Å². The van der Waals surface area contributed by atoms with E-state index in [0.717, 1.165) is 0 Å². The molecule has 1 fully saturated rings. The van der Waals surface area contributed by atoms with Crippen molar-refractivity contribution in [1.82, 2.24) is 12.7 Å². The zero-order valence-electron chi connectivity index (χ0n) is 9.98. The molecule has 1 rings (SSSR count). The van der Waals surface area contributed by atoms with Crippen molar-refractivity contribution < 1.29 is 0 Å². The zero-order valence-corrected chi connectivity index (χ0v) is 13.5. The van der Waals surface area contributed by atoms with Gasteiger partial charge in [0.15, 0.2) is 0 Å². The summed E-state index contributed by atoms with van der Waals surface area (Å²) in [6.07, 6.45) is 6.02. The molecule has 0 aliphatic carbocycles. The van der Waals surface area contributed by atoms with Gasteiger partial charge in [-0.2, -0.15) is 0 Å². The summed E-state index contributed by atoms with van der Waals surface area (Å²) in [5.74, 6) is 0. The lowest BCUT2D eigenvalue weighted by molar-refractivity contribution is 0.609. The molecule has 0 radical (unpaired) electrons. The van der Waals surface area contributed by atoms with Crippen LogP contribution in [0.3, 0.4) is 0 Å². The molecule has 84 valence electrons. The Morgan fingerprint density at radius 2 is 1.73 bits per heavy atom. The molecule has 6 heteroatoms. The summed E-state index contributed by atoms with van der Waals surface area (Å²) in [4.78, 5) is 0. The number of hydrogen-bond donors (Lipinski definition) is 0. The maximum absolute atomic E-state index is 3.96. The summed E-state index contributed by atoms with van der Waals surface area (Å²) in [6, 6.07) is 0. The molecule has 0 bridgehead atoms. The molecular weight excluding hydrogens is 234 g/mol. The highest BCUT2D eigenvalue weighted by molar-refractivity contribution is 6.90. The summed E-state index contributed by atoms with van der Waals surface area (Å²) in [6.45, 7) is 18.9. The van der Waals surface area contributed by atoms with E-state index in [9.17, 15) is 0 Å². The smallest absolute Gasteiger partial charge is 0.242 e. The predicted octanol–water partition coefficient (Wildman–Crippen LogP) is 0.887. The van der Waals surface area contributed by atoms with Gasteiger partial charge in [-0.3, -0.25) is 0 Å². The van der Waals surface area contributed by atoms with E-state index < -0.39 is 27.4 Å². The van der Waals surface area contributed by atoms with Crippen molar-refractivity contribution in [3.63, 3.8) is 0 Å². The minimum atomic E-state index is -1.51. The van der Waals surface area contributed by atoms with Gasteiger partial charge in [0, 0.05) is 0 Å². The lowest BCUT2D eigenvalue weighted by atomic mass is 11.1. The van der Waals surface area contributed by atoms with E-state index in [2.05, 4.69) is 52.1 Å². The number of rotatable bonds is 3. The van der Waals surface area contributed by atoms with E-state index in [1.165, 1.54) is 0 Å². The molecule has 0 aromatic carbocycles. The Labute approximate surface area is 98.3 Å². The Balaban J connectivity index is 3.04. The second-order valence-electron chi connectivity index (χ2n) is 4.21. The van der Waals surface area contributed by atoms with Crippen molar-refractivity contribution >= 4 is 27.4 Å². The van der Waals surface area contributed by atoms with Crippen molar-refractivity contribution in [2.24, 2.45) is 0 Å². The first kappa shape index (κ1) is 12.3. The van der Waals surface area contributed by atoms with Crippen LogP contribution in [0.5, 0.6) is 0 Å². The molecule has 15 heavy (non-hydrogen) atoms. The zero-order chi connectivity index (χ0) is 11.6. The molecule has 1 unspecified atom stereocenters. The van der Waals surface area contributed by atoms with Gasteiger partial charge in [-0.05, 0) is 38.2 Å². The molecule has 0 aromatic rings. The summed E-state index contributed by atoms with van der Waals surface area (Å²) in [7, 11) is -2.94. The molecule has 0 saturated carbocycles. The normalized spacial score (nSPS) is 26.6. The van der Waals surface area contributed by atoms with Gasteiger partial charge in [0.1, 0.15) is 0 Å². The van der Waals surface area contributed by atoms with Crippen molar-refractivity contribution in [3.05, 3.63) is 38.3 Å². The first-order chi connectivity index (χ1) is 6.98. The SMILES string of the molecule is C=CN1[SiH2]N(C=C)[Si](C)(C)N(C=C)[SiH]1C. The minimum Gasteiger partial charge on any atom is -0.406 e. The van der Waals surface area contributed by atoms with Gasteiger partial charge in [0.05, 0.1) is 0 Å². The largest absolute Gasteiger partial charge is 0.406 e. The second-order valence-corrected chi connectivity index (χ2v) is 14.3. The molecule has 0 amide bonds. The van der Waals surface area contributed by atoms with Crippen LogP contribution in [0.2, 0.25) is 19.6 Å². The maximum atomic E-state index is 3.96. The highest BCUT2D eigenvalue weighted by Gasteiger charge is 2.42. The van der Waals surface area contributed by atoms with Crippen LogP contribution in [-0.4, -0.2) is 40.1 Å². The Kier molecular flexibility index (Phi) is 3.63. The molecule has 1 aliphatic heterocycles. The van der Waals surface area contributed by atoms with Crippen LogP contribution < -0.4 is 0 Å². The lowest BCUT2D eigenvalue weighted by Crippen LogP contribution is -2.73. The van der Waals surface area contributed by atoms with E-state index in [4.69, 9.17) is 0 Å². The Morgan fingerprint density at radius 1 is 1.13 bits per heavy atom. The molecule has 1 heterocycles. The van der Waals surface area contributed by atoms with E-state index in [1.54, 1.807) is 0 Å². The highest BCUT2D eigenvalue weighted by Crippen LogP contribution is 2.23. The first-order valence-electron chi connectivity index (χ1n) is 5.17. The third-order valence-corrected chi connectivity index (χ3v) is 17.4. The Morgan fingerprint density at radius 3 is 2.13 bits per heavy atom. The van der Waals surface area contributed by atoms with Crippen LogP contribution in [-0.2, 0) is 0 Å². The fourth-order valence-corrected chi connectivity index (χ4v) is 15.2. The summed E-state index contributed by atoms with van der Waals surface area (Å²) >= 11 is 0. The van der Waals surface area contributed by atoms with E-state index in [1.807, 2.05) is 18.6 Å². The highest BCUT2D eigenvalue weighted by atomic mass is 28.4.